The molecule has 0 aliphatic rings. The van der Waals surface area contributed by atoms with Crippen molar-refractivity contribution in [2.45, 2.75) is 26.7 Å². The van der Waals surface area contributed by atoms with Crippen LogP contribution in [-0.2, 0) is 12.8 Å². The summed E-state index contributed by atoms with van der Waals surface area (Å²) in [5, 5.41) is 12.8. The molecule has 0 radical (unpaired) electrons. The van der Waals surface area contributed by atoms with Crippen LogP contribution in [0, 0.1) is 0 Å². The molecule has 0 heterocycles. The normalized spacial score (nSPS) is 11.7. The van der Waals surface area contributed by atoms with Gasteiger partial charge >= 0.3 is 0 Å². The zero-order valence-electron chi connectivity index (χ0n) is 30.6. The van der Waals surface area contributed by atoms with E-state index in [1.54, 1.807) is 0 Å². The average molecular weight is 693 g/mol. The Morgan fingerprint density at radius 2 is 0.685 bits per heavy atom. The second kappa shape index (κ2) is 13.1. The van der Waals surface area contributed by atoms with E-state index in [0.717, 1.165) is 24.2 Å². The smallest absolute Gasteiger partial charge is 0.0543 e. The van der Waals surface area contributed by atoms with E-state index in [4.69, 9.17) is 0 Å². The predicted octanol–water partition coefficient (Wildman–Crippen LogP) is 15.0. The van der Waals surface area contributed by atoms with Crippen LogP contribution in [0.15, 0.2) is 182 Å². The molecule has 0 N–H and O–H groups in total. The largest absolute Gasteiger partial charge is 0.309 e. The molecule has 0 atom stereocenters. The Morgan fingerprint density at radius 1 is 0.315 bits per heavy atom. The molecule has 0 aliphatic carbocycles. The van der Waals surface area contributed by atoms with Crippen LogP contribution in [-0.4, -0.2) is 0 Å². The van der Waals surface area contributed by atoms with Crippen molar-refractivity contribution >= 4 is 88.0 Å². The quantitative estimate of drug-likeness (QED) is 0.146. The van der Waals surface area contributed by atoms with Gasteiger partial charge < -0.3 is 9.80 Å². The van der Waals surface area contributed by atoms with Gasteiger partial charge in [0.05, 0.1) is 22.7 Å². The molecule has 2 nitrogen and oxygen atoms in total. The maximum Gasteiger partial charge on any atom is 0.0543 e. The van der Waals surface area contributed by atoms with Crippen molar-refractivity contribution in [3.05, 3.63) is 193 Å². The number of hydrogen-bond acceptors (Lipinski definition) is 2. The van der Waals surface area contributed by atoms with Crippen molar-refractivity contribution in [3.8, 4) is 0 Å². The maximum atomic E-state index is 2.49. The number of nitrogens with zero attached hydrogens (tertiary/aromatic N) is 2. The van der Waals surface area contributed by atoms with Gasteiger partial charge in [-0.15, -0.1) is 0 Å². The molecule has 54 heavy (non-hydrogen) atoms. The van der Waals surface area contributed by atoms with E-state index in [-0.39, 0.29) is 0 Å². The number of anilines is 6. The van der Waals surface area contributed by atoms with E-state index < -0.39 is 0 Å². The number of aryl methyl sites for hydroxylation is 2. The summed E-state index contributed by atoms with van der Waals surface area (Å²) in [7, 11) is 0. The van der Waals surface area contributed by atoms with Gasteiger partial charge in [-0.2, -0.15) is 0 Å². The summed E-state index contributed by atoms with van der Waals surface area (Å²) in [6.07, 6.45) is 1.86. The summed E-state index contributed by atoms with van der Waals surface area (Å²) in [4.78, 5) is 4.97. The number of benzene rings is 10. The average Bonchev–Trinajstić information content (AvgIpc) is 3.24. The summed E-state index contributed by atoms with van der Waals surface area (Å²) in [6.45, 7) is 4.59. The Bertz CT molecular complexity index is 2750. The minimum atomic E-state index is 0.930. The Kier molecular flexibility index (Phi) is 7.77. The van der Waals surface area contributed by atoms with Crippen molar-refractivity contribution in [3.63, 3.8) is 0 Å². The first-order valence-electron chi connectivity index (χ1n) is 19.2. The summed E-state index contributed by atoms with van der Waals surface area (Å²) in [5.74, 6) is 0. The van der Waals surface area contributed by atoms with Crippen LogP contribution in [0.5, 0.6) is 0 Å². The Hall–Kier alpha value is -6.64. The number of para-hydroxylation sites is 2. The summed E-state index contributed by atoms with van der Waals surface area (Å²) >= 11 is 0. The standard InChI is InChI=1S/C52H40N2/c1-3-35-33-49(53(39-21-7-5-8-22-39)47-27-15-19-37-17-11-13-25-41(37)47)45-32-30-44-36(4-2)34-50(46-31-29-43(35)51(45)52(44)46)54(40-23-9-6-10-24-40)48-28-16-20-38-18-12-14-26-42(38)48/h5-34H,3-4H2,1-2H3. The second-order valence-corrected chi connectivity index (χ2v) is 14.2. The zero-order chi connectivity index (χ0) is 36.2. The van der Waals surface area contributed by atoms with Crippen molar-refractivity contribution in [1.29, 1.82) is 0 Å². The second-order valence-electron chi connectivity index (χ2n) is 14.2. The van der Waals surface area contributed by atoms with E-state index in [1.165, 1.54) is 87.7 Å². The maximum absolute atomic E-state index is 2.49. The Balaban J connectivity index is 1.33. The van der Waals surface area contributed by atoms with Gasteiger partial charge in [0.1, 0.15) is 0 Å². The fourth-order valence-corrected chi connectivity index (χ4v) is 8.83. The molecule has 0 bridgehead atoms. The van der Waals surface area contributed by atoms with Gasteiger partial charge in [-0.05, 0) is 105 Å². The van der Waals surface area contributed by atoms with Gasteiger partial charge in [-0.25, -0.2) is 0 Å². The molecule has 0 saturated carbocycles. The summed E-state index contributed by atoms with van der Waals surface area (Å²) in [5.41, 5.74) is 9.76. The van der Waals surface area contributed by atoms with Crippen LogP contribution < -0.4 is 9.80 Å². The van der Waals surface area contributed by atoms with Gasteiger partial charge in [0, 0.05) is 32.9 Å². The molecule has 10 aromatic rings. The highest BCUT2D eigenvalue weighted by molar-refractivity contribution is 6.29. The first-order valence-corrected chi connectivity index (χ1v) is 19.2. The van der Waals surface area contributed by atoms with E-state index in [2.05, 4.69) is 206 Å². The van der Waals surface area contributed by atoms with Gasteiger partial charge in [0.15, 0.2) is 0 Å². The SMILES string of the molecule is CCc1cc(N(c2ccccc2)c2cccc3ccccc23)c2ccc3c(CC)cc(N(c4ccccc4)c4cccc5ccccc45)c4ccc1c2c34. The molecule has 0 spiro atoms. The fraction of sp³-hybridized carbons (Fsp3) is 0.0769. The van der Waals surface area contributed by atoms with Crippen LogP contribution in [0.25, 0.3) is 53.9 Å². The van der Waals surface area contributed by atoms with Crippen LogP contribution >= 0.6 is 0 Å². The van der Waals surface area contributed by atoms with E-state index in [9.17, 15) is 0 Å². The topological polar surface area (TPSA) is 6.48 Å². The molecule has 2 heteroatoms. The fourth-order valence-electron chi connectivity index (χ4n) is 8.83. The zero-order valence-corrected chi connectivity index (χ0v) is 30.6. The third kappa shape index (κ3) is 5.02. The monoisotopic (exact) mass is 692 g/mol. The van der Waals surface area contributed by atoms with Crippen LogP contribution in [0.1, 0.15) is 25.0 Å². The molecule has 0 saturated heterocycles. The Morgan fingerprint density at radius 3 is 1.11 bits per heavy atom. The number of hydrogen-bond donors (Lipinski definition) is 0. The Labute approximate surface area is 316 Å². The molecule has 10 rings (SSSR count). The lowest BCUT2D eigenvalue weighted by molar-refractivity contribution is 1.15. The first kappa shape index (κ1) is 32.0. The minimum Gasteiger partial charge on any atom is -0.309 e. The molecule has 0 aromatic heterocycles. The molecule has 0 fully saturated rings. The molecule has 0 aliphatic heterocycles. The van der Waals surface area contributed by atoms with Crippen molar-refractivity contribution in [1.82, 2.24) is 0 Å². The summed E-state index contributed by atoms with van der Waals surface area (Å²) in [6, 6.07) is 67.0. The molecule has 10 aromatic carbocycles. The van der Waals surface area contributed by atoms with Crippen molar-refractivity contribution < 1.29 is 0 Å². The van der Waals surface area contributed by atoms with Crippen LogP contribution in [0.3, 0.4) is 0 Å². The molecule has 0 amide bonds. The lowest BCUT2D eigenvalue weighted by atomic mass is 9.86. The highest BCUT2D eigenvalue weighted by Crippen LogP contribution is 2.50. The van der Waals surface area contributed by atoms with E-state index >= 15 is 0 Å². The molecule has 0 unspecified atom stereocenters. The van der Waals surface area contributed by atoms with Crippen LogP contribution in [0.4, 0.5) is 34.1 Å². The third-order valence-electron chi connectivity index (χ3n) is 11.3. The third-order valence-corrected chi connectivity index (χ3v) is 11.3. The predicted molar refractivity (Wildman–Crippen MR) is 233 cm³/mol. The highest BCUT2D eigenvalue weighted by Gasteiger charge is 2.25. The van der Waals surface area contributed by atoms with E-state index in [1.807, 2.05) is 0 Å². The first-order chi connectivity index (χ1) is 26.7. The summed E-state index contributed by atoms with van der Waals surface area (Å²) < 4.78 is 0. The molecular weight excluding hydrogens is 653 g/mol. The van der Waals surface area contributed by atoms with E-state index in [0.29, 0.717) is 0 Å². The van der Waals surface area contributed by atoms with Crippen molar-refractivity contribution in [2.75, 3.05) is 9.80 Å². The lowest BCUT2D eigenvalue weighted by Gasteiger charge is -2.31. The number of rotatable bonds is 8. The highest BCUT2D eigenvalue weighted by atomic mass is 15.2. The van der Waals surface area contributed by atoms with Gasteiger partial charge in [-0.1, -0.05) is 147 Å². The van der Waals surface area contributed by atoms with Gasteiger partial charge in [0.2, 0.25) is 0 Å². The number of fused-ring (bicyclic) bond motifs is 2. The van der Waals surface area contributed by atoms with Crippen LogP contribution in [0.2, 0.25) is 0 Å². The minimum absolute atomic E-state index is 0.930. The lowest BCUT2D eigenvalue weighted by Crippen LogP contribution is -2.13. The van der Waals surface area contributed by atoms with Gasteiger partial charge in [-0.3, -0.25) is 0 Å². The molecular formula is C52H40N2. The van der Waals surface area contributed by atoms with Crippen molar-refractivity contribution in [2.24, 2.45) is 0 Å². The molecule has 258 valence electrons. The van der Waals surface area contributed by atoms with Gasteiger partial charge in [0.25, 0.3) is 0 Å².